The largest absolute Gasteiger partial charge is 0.293 e. The number of nitrogens with zero attached hydrogens (tertiary/aromatic N) is 3. The average molecular weight is 424 g/mol. The highest BCUT2D eigenvalue weighted by Crippen LogP contribution is 2.23. The Morgan fingerprint density at radius 1 is 0.923 bits per heavy atom. The summed E-state index contributed by atoms with van der Waals surface area (Å²) in [5.41, 5.74) is 3.69. The Bertz CT molecular complexity index is 1060. The molecular formula is C20H14BrN3OS. The number of hydrogen-bond acceptors (Lipinski definition) is 4. The molecule has 0 amide bonds. The van der Waals surface area contributed by atoms with Crippen molar-refractivity contribution in [3.05, 3.63) is 83.0 Å². The lowest BCUT2D eigenvalue weighted by Crippen LogP contribution is -2.03. The number of rotatable bonds is 5. The molecule has 0 aliphatic heterocycles. The molecule has 26 heavy (non-hydrogen) atoms. The predicted molar refractivity (Wildman–Crippen MR) is 108 cm³/mol. The SMILES string of the molecule is O=C(CSc1nnc2ccccn12)c1ccc(-c2ccc(Br)cc2)cc1. The van der Waals surface area contributed by atoms with Crippen molar-refractivity contribution >= 4 is 39.1 Å². The fraction of sp³-hybridized carbons (Fsp3) is 0.0500. The van der Waals surface area contributed by atoms with Crippen molar-refractivity contribution in [3.8, 4) is 11.1 Å². The quantitative estimate of drug-likeness (QED) is 0.329. The molecule has 128 valence electrons. The first-order valence-electron chi connectivity index (χ1n) is 8.02. The van der Waals surface area contributed by atoms with Crippen molar-refractivity contribution < 1.29 is 4.79 Å². The van der Waals surface area contributed by atoms with Crippen LogP contribution in [0, 0.1) is 0 Å². The highest BCUT2D eigenvalue weighted by molar-refractivity contribution is 9.10. The normalized spacial score (nSPS) is 11.0. The fourth-order valence-electron chi connectivity index (χ4n) is 2.62. The smallest absolute Gasteiger partial charge is 0.196 e. The Morgan fingerprint density at radius 2 is 1.62 bits per heavy atom. The Balaban J connectivity index is 1.45. The van der Waals surface area contributed by atoms with Gasteiger partial charge in [0.05, 0.1) is 5.75 Å². The summed E-state index contributed by atoms with van der Waals surface area (Å²) in [6.45, 7) is 0. The van der Waals surface area contributed by atoms with E-state index < -0.39 is 0 Å². The molecule has 0 spiro atoms. The van der Waals surface area contributed by atoms with E-state index in [-0.39, 0.29) is 5.78 Å². The molecule has 0 aliphatic carbocycles. The van der Waals surface area contributed by atoms with Crippen molar-refractivity contribution in [3.63, 3.8) is 0 Å². The molecule has 0 atom stereocenters. The van der Waals surface area contributed by atoms with Gasteiger partial charge in [-0.1, -0.05) is 70.2 Å². The first kappa shape index (κ1) is 17.0. The highest BCUT2D eigenvalue weighted by atomic mass is 79.9. The zero-order valence-electron chi connectivity index (χ0n) is 13.7. The lowest BCUT2D eigenvalue weighted by Gasteiger charge is -2.04. The number of hydrogen-bond donors (Lipinski definition) is 0. The standard InChI is InChI=1S/C20H14BrN3OS/c21-17-10-8-15(9-11-17)14-4-6-16(7-5-14)18(25)13-26-20-23-22-19-3-1-2-12-24(19)20/h1-12H,13H2. The van der Waals surface area contributed by atoms with Gasteiger partial charge in [0.2, 0.25) is 0 Å². The summed E-state index contributed by atoms with van der Waals surface area (Å²) in [4.78, 5) is 12.5. The molecule has 0 radical (unpaired) electrons. The minimum atomic E-state index is 0.0741. The molecule has 2 heterocycles. The Kier molecular flexibility index (Phi) is 4.86. The number of carbonyl (C=O) groups is 1. The summed E-state index contributed by atoms with van der Waals surface area (Å²) < 4.78 is 2.93. The molecule has 0 N–H and O–H groups in total. The van der Waals surface area contributed by atoms with E-state index in [1.54, 1.807) is 0 Å². The van der Waals surface area contributed by atoms with Crippen LogP contribution in [0.1, 0.15) is 10.4 Å². The van der Waals surface area contributed by atoms with Gasteiger partial charge >= 0.3 is 0 Å². The predicted octanol–water partition coefficient (Wildman–Crippen LogP) is 5.13. The molecule has 2 aromatic heterocycles. The van der Waals surface area contributed by atoms with Crippen LogP contribution in [0.15, 0.2) is 82.6 Å². The third-order valence-corrected chi connectivity index (χ3v) is 5.47. The number of aromatic nitrogens is 3. The minimum absolute atomic E-state index is 0.0741. The third kappa shape index (κ3) is 3.57. The average Bonchev–Trinajstić information content (AvgIpc) is 3.10. The van der Waals surface area contributed by atoms with Gasteiger partial charge in [-0.3, -0.25) is 9.20 Å². The summed E-state index contributed by atoms with van der Waals surface area (Å²) in [5, 5.41) is 8.96. The van der Waals surface area contributed by atoms with E-state index in [2.05, 4.69) is 26.1 Å². The maximum Gasteiger partial charge on any atom is 0.196 e. The lowest BCUT2D eigenvalue weighted by atomic mass is 10.0. The number of halogens is 1. The summed E-state index contributed by atoms with van der Waals surface area (Å²) in [7, 11) is 0. The molecule has 4 aromatic rings. The van der Waals surface area contributed by atoms with Crippen LogP contribution in [-0.2, 0) is 0 Å². The van der Waals surface area contributed by atoms with Crippen LogP contribution in [-0.4, -0.2) is 26.1 Å². The third-order valence-electron chi connectivity index (χ3n) is 4.00. The van der Waals surface area contributed by atoms with Crippen LogP contribution in [0.5, 0.6) is 0 Å². The van der Waals surface area contributed by atoms with Gasteiger partial charge in [-0.25, -0.2) is 0 Å². The molecule has 0 bridgehead atoms. The Hall–Kier alpha value is -2.44. The van der Waals surface area contributed by atoms with E-state index in [1.807, 2.05) is 77.3 Å². The fourth-order valence-corrected chi connectivity index (χ4v) is 3.71. The van der Waals surface area contributed by atoms with Gasteiger partial charge in [0.25, 0.3) is 0 Å². The first-order chi connectivity index (χ1) is 12.7. The van der Waals surface area contributed by atoms with Gasteiger partial charge in [0.1, 0.15) is 0 Å². The number of carbonyl (C=O) groups excluding carboxylic acids is 1. The van der Waals surface area contributed by atoms with Gasteiger partial charge in [0.15, 0.2) is 16.6 Å². The summed E-state index contributed by atoms with van der Waals surface area (Å²) in [6.07, 6.45) is 1.90. The van der Waals surface area contributed by atoms with E-state index >= 15 is 0 Å². The zero-order valence-corrected chi connectivity index (χ0v) is 16.1. The van der Waals surface area contributed by atoms with E-state index in [0.29, 0.717) is 11.3 Å². The lowest BCUT2D eigenvalue weighted by molar-refractivity contribution is 0.102. The molecule has 2 aromatic carbocycles. The second-order valence-electron chi connectivity index (χ2n) is 5.71. The van der Waals surface area contributed by atoms with Crippen molar-refractivity contribution in [2.24, 2.45) is 0 Å². The van der Waals surface area contributed by atoms with E-state index in [4.69, 9.17) is 0 Å². The zero-order chi connectivity index (χ0) is 17.9. The second kappa shape index (κ2) is 7.43. The molecule has 0 saturated carbocycles. The van der Waals surface area contributed by atoms with Crippen molar-refractivity contribution in [2.75, 3.05) is 5.75 Å². The molecule has 0 aliphatic rings. The van der Waals surface area contributed by atoms with Gasteiger partial charge < -0.3 is 0 Å². The van der Waals surface area contributed by atoms with Gasteiger partial charge in [-0.15, -0.1) is 10.2 Å². The second-order valence-corrected chi connectivity index (χ2v) is 7.57. The molecule has 6 heteroatoms. The minimum Gasteiger partial charge on any atom is -0.293 e. The summed E-state index contributed by atoms with van der Waals surface area (Å²) in [6, 6.07) is 21.5. The maximum atomic E-state index is 12.5. The van der Waals surface area contributed by atoms with Crippen molar-refractivity contribution in [2.45, 2.75) is 5.16 Å². The van der Waals surface area contributed by atoms with Gasteiger partial charge in [0, 0.05) is 16.2 Å². The number of thioether (sulfide) groups is 1. The Labute approximate surface area is 163 Å². The summed E-state index contributed by atoms with van der Waals surface area (Å²) >= 11 is 4.84. The Morgan fingerprint density at radius 3 is 2.35 bits per heavy atom. The molecule has 0 saturated heterocycles. The number of pyridine rings is 1. The van der Waals surface area contributed by atoms with Crippen molar-refractivity contribution in [1.29, 1.82) is 0 Å². The van der Waals surface area contributed by atoms with Crippen LogP contribution < -0.4 is 0 Å². The molecule has 4 rings (SSSR count). The van der Waals surface area contributed by atoms with Crippen LogP contribution in [0.2, 0.25) is 0 Å². The summed E-state index contributed by atoms with van der Waals surface area (Å²) in [5.74, 6) is 0.401. The van der Waals surface area contributed by atoms with E-state index in [1.165, 1.54) is 11.8 Å². The highest BCUT2D eigenvalue weighted by Gasteiger charge is 2.11. The van der Waals surface area contributed by atoms with E-state index in [9.17, 15) is 4.79 Å². The maximum absolute atomic E-state index is 12.5. The van der Waals surface area contributed by atoms with Gasteiger partial charge in [-0.2, -0.15) is 0 Å². The monoisotopic (exact) mass is 423 g/mol. The molecule has 0 fully saturated rings. The van der Waals surface area contributed by atoms with E-state index in [0.717, 1.165) is 26.4 Å². The number of ketones is 1. The molecular weight excluding hydrogens is 410 g/mol. The van der Waals surface area contributed by atoms with Crippen molar-refractivity contribution in [1.82, 2.24) is 14.6 Å². The van der Waals surface area contributed by atoms with Crippen LogP contribution in [0.25, 0.3) is 16.8 Å². The first-order valence-corrected chi connectivity index (χ1v) is 9.80. The van der Waals surface area contributed by atoms with Crippen LogP contribution in [0.4, 0.5) is 0 Å². The molecule has 4 nitrogen and oxygen atoms in total. The number of Topliss-reactive ketones (excluding diaryl/α,β-unsaturated/α-hetero) is 1. The van der Waals surface area contributed by atoms with Crippen LogP contribution >= 0.6 is 27.7 Å². The van der Waals surface area contributed by atoms with Crippen LogP contribution in [0.3, 0.4) is 0 Å². The number of fused-ring (bicyclic) bond motifs is 1. The topological polar surface area (TPSA) is 47.3 Å². The number of benzene rings is 2. The molecule has 0 unspecified atom stereocenters. The van der Waals surface area contributed by atoms with Gasteiger partial charge in [-0.05, 0) is 35.4 Å².